The Bertz CT molecular complexity index is 701. The molecule has 4 atom stereocenters. The molecule has 1 aliphatic carbocycles. The number of rotatable bonds is 6. The number of nitro groups is 1. The first-order chi connectivity index (χ1) is 12.4. The van der Waals surface area contributed by atoms with Crippen LogP contribution in [-0.4, -0.2) is 33.2 Å². The van der Waals surface area contributed by atoms with E-state index in [2.05, 4.69) is 40.8 Å². The summed E-state index contributed by atoms with van der Waals surface area (Å²) in [5, 5.41) is 11.9. The van der Waals surface area contributed by atoms with Crippen LogP contribution in [0.1, 0.15) is 47.0 Å². The molecule has 1 saturated carbocycles. The first kappa shape index (κ1) is 22.4. The van der Waals surface area contributed by atoms with Gasteiger partial charge < -0.3 is 0 Å². The predicted molar refractivity (Wildman–Crippen MR) is 113 cm³/mol. The fraction of sp³-hybridized carbons (Fsp3) is 0.700. The van der Waals surface area contributed by atoms with Gasteiger partial charge in [-0.05, 0) is 0 Å². The Morgan fingerprint density at radius 1 is 1.26 bits per heavy atom. The Hall–Kier alpha value is -0.884. The Kier molecular flexibility index (Phi) is 7.17. The van der Waals surface area contributed by atoms with Crippen molar-refractivity contribution in [3.05, 3.63) is 34.4 Å². The van der Waals surface area contributed by atoms with Crippen LogP contribution in [0.15, 0.2) is 24.3 Å². The number of nitrogens with zero attached hydrogens (tertiary/aromatic N) is 1. The Morgan fingerprint density at radius 3 is 2.48 bits per heavy atom. The standard InChI is InChI=1S/C20H33NO4SeSi/c1-15-11-12-16(18(13-15)25-27(5,6)20(2,3)4)14-26(24)19-10-8-7-9-17(19)21(22)23/h7-10,15-16,18H,11-14H2,1-6H3/t15-,16-,18+,26?/m1/s1. The molecule has 1 fully saturated rings. The SMILES string of the molecule is C[C@@H]1CC[C@H](C[Se](=O)c2ccccc2[N+](=O)[O-])[C@@H](O[Si](C)(C)C(C)(C)C)C1. The Labute approximate surface area is 168 Å². The van der Waals surface area contributed by atoms with Crippen molar-refractivity contribution in [3.8, 4) is 0 Å². The van der Waals surface area contributed by atoms with Crippen LogP contribution >= 0.6 is 0 Å². The van der Waals surface area contributed by atoms with Gasteiger partial charge in [-0.3, -0.25) is 0 Å². The predicted octanol–water partition coefficient (Wildman–Crippen LogP) is 5.05. The Balaban J connectivity index is 2.20. The van der Waals surface area contributed by atoms with Gasteiger partial charge in [0, 0.05) is 0 Å². The monoisotopic (exact) mass is 459 g/mol. The van der Waals surface area contributed by atoms with Gasteiger partial charge in [0.15, 0.2) is 0 Å². The molecular weight excluding hydrogens is 425 g/mol. The summed E-state index contributed by atoms with van der Waals surface area (Å²) in [6, 6.07) is 6.48. The summed E-state index contributed by atoms with van der Waals surface area (Å²) < 4.78 is 20.2. The topological polar surface area (TPSA) is 69.4 Å². The molecule has 0 saturated heterocycles. The van der Waals surface area contributed by atoms with E-state index >= 15 is 0 Å². The minimum absolute atomic E-state index is 0.0106. The fourth-order valence-electron chi connectivity index (χ4n) is 3.37. The second kappa shape index (κ2) is 8.64. The van der Waals surface area contributed by atoms with Crippen LogP contribution in [0.2, 0.25) is 23.5 Å². The quantitative estimate of drug-likeness (QED) is 0.340. The molecule has 0 heterocycles. The van der Waals surface area contributed by atoms with Gasteiger partial charge in [0.05, 0.1) is 0 Å². The van der Waals surface area contributed by atoms with Crippen molar-refractivity contribution in [2.45, 2.75) is 76.5 Å². The van der Waals surface area contributed by atoms with Gasteiger partial charge in [-0.25, -0.2) is 0 Å². The zero-order chi connectivity index (χ0) is 20.4. The van der Waals surface area contributed by atoms with E-state index in [1.165, 1.54) is 6.07 Å². The summed E-state index contributed by atoms with van der Waals surface area (Å²) in [6.07, 6.45) is 3.20. The first-order valence-electron chi connectivity index (χ1n) is 9.72. The van der Waals surface area contributed by atoms with E-state index in [1.807, 2.05) is 0 Å². The molecule has 0 amide bonds. The summed E-state index contributed by atoms with van der Waals surface area (Å²) >= 11 is -2.50. The van der Waals surface area contributed by atoms with E-state index in [-0.39, 0.29) is 22.7 Å². The Morgan fingerprint density at radius 2 is 1.89 bits per heavy atom. The van der Waals surface area contributed by atoms with E-state index < -0.39 is 27.1 Å². The minimum atomic E-state index is -2.50. The molecule has 0 radical (unpaired) electrons. The van der Waals surface area contributed by atoms with Crippen LogP contribution in [0.4, 0.5) is 5.69 Å². The zero-order valence-corrected chi connectivity index (χ0v) is 20.1. The average molecular weight is 459 g/mol. The van der Waals surface area contributed by atoms with Gasteiger partial charge >= 0.3 is 168 Å². The van der Waals surface area contributed by atoms with Crippen LogP contribution in [0.25, 0.3) is 0 Å². The van der Waals surface area contributed by atoms with Gasteiger partial charge in [-0.2, -0.15) is 0 Å². The molecule has 1 unspecified atom stereocenters. The molecule has 1 aromatic carbocycles. The normalized spacial score (nSPS) is 25.2. The average Bonchev–Trinajstić information content (AvgIpc) is 2.55. The van der Waals surface area contributed by atoms with Crippen LogP contribution in [0.3, 0.4) is 0 Å². The maximum atomic E-state index is 13.1. The second-order valence-electron chi connectivity index (χ2n) is 9.33. The van der Waals surface area contributed by atoms with E-state index in [4.69, 9.17) is 4.43 Å². The fourth-order valence-corrected chi connectivity index (χ4v) is 8.03. The third kappa shape index (κ3) is 5.56. The van der Waals surface area contributed by atoms with E-state index in [0.29, 0.717) is 15.7 Å². The third-order valence-corrected chi connectivity index (χ3v) is 13.9. The van der Waals surface area contributed by atoms with Crippen molar-refractivity contribution in [1.29, 1.82) is 0 Å². The summed E-state index contributed by atoms with van der Waals surface area (Å²) in [6.45, 7) is 13.5. The van der Waals surface area contributed by atoms with Crippen LogP contribution in [0.5, 0.6) is 0 Å². The van der Waals surface area contributed by atoms with E-state index in [9.17, 15) is 13.9 Å². The van der Waals surface area contributed by atoms with Crippen molar-refractivity contribution >= 4 is 32.3 Å². The van der Waals surface area contributed by atoms with Gasteiger partial charge in [0.1, 0.15) is 0 Å². The molecule has 5 nitrogen and oxygen atoms in total. The van der Waals surface area contributed by atoms with E-state index in [0.717, 1.165) is 19.3 Å². The molecule has 0 aliphatic heterocycles. The van der Waals surface area contributed by atoms with Gasteiger partial charge in [-0.15, -0.1) is 0 Å². The molecule has 0 aromatic heterocycles. The molecule has 0 spiro atoms. The number of hydrogen-bond acceptors (Lipinski definition) is 4. The molecule has 27 heavy (non-hydrogen) atoms. The number of nitro benzene ring substituents is 1. The van der Waals surface area contributed by atoms with Gasteiger partial charge in [0.25, 0.3) is 0 Å². The third-order valence-electron chi connectivity index (χ3n) is 6.12. The summed E-state index contributed by atoms with van der Waals surface area (Å²) in [7, 11) is -1.92. The van der Waals surface area contributed by atoms with Crippen LogP contribution in [-0.2, 0) is 8.26 Å². The second-order valence-corrected chi connectivity index (χ2v) is 17.2. The van der Waals surface area contributed by atoms with Crippen LogP contribution < -0.4 is 4.46 Å². The summed E-state index contributed by atoms with van der Waals surface area (Å²) in [4.78, 5) is 10.9. The molecule has 1 aromatic rings. The molecule has 2 rings (SSSR count). The molecule has 1 aliphatic rings. The first-order valence-corrected chi connectivity index (χ1v) is 15.4. The van der Waals surface area contributed by atoms with Crippen molar-refractivity contribution < 1.29 is 13.2 Å². The van der Waals surface area contributed by atoms with Crippen molar-refractivity contribution in [2.24, 2.45) is 11.8 Å². The van der Waals surface area contributed by atoms with E-state index in [1.54, 1.807) is 18.2 Å². The summed E-state index contributed by atoms with van der Waals surface area (Å²) in [5.41, 5.74) is -0.0106. The zero-order valence-electron chi connectivity index (χ0n) is 17.4. The van der Waals surface area contributed by atoms with Gasteiger partial charge in [0.2, 0.25) is 0 Å². The summed E-state index contributed by atoms with van der Waals surface area (Å²) in [5.74, 6) is 0.824. The maximum absolute atomic E-state index is 13.1. The van der Waals surface area contributed by atoms with Crippen molar-refractivity contribution in [2.75, 3.05) is 0 Å². The number of benzene rings is 1. The van der Waals surface area contributed by atoms with Crippen molar-refractivity contribution in [1.82, 2.24) is 0 Å². The molecule has 152 valence electrons. The van der Waals surface area contributed by atoms with Crippen LogP contribution in [0, 0.1) is 22.0 Å². The molecule has 0 N–H and O–H groups in total. The molecule has 7 heteroatoms. The van der Waals surface area contributed by atoms with Gasteiger partial charge in [-0.1, -0.05) is 0 Å². The molecular formula is C20H33NO4SeSi. The number of hydrogen-bond donors (Lipinski definition) is 0. The number of para-hydroxylation sites is 1. The van der Waals surface area contributed by atoms with Crippen molar-refractivity contribution in [3.63, 3.8) is 0 Å². The molecule has 0 bridgehead atoms.